The van der Waals surface area contributed by atoms with E-state index >= 15 is 0 Å². The molecule has 2 aliphatic heterocycles. The monoisotopic (exact) mass is 235 g/mol. The molecule has 2 heterocycles. The summed E-state index contributed by atoms with van der Waals surface area (Å²) in [4.78, 5) is 35.8. The first-order valence-electron chi connectivity index (χ1n) is 5.43. The number of carbonyl (C=O) groups is 3. The number of nitrogens with one attached hydrogen (secondary N) is 2. The van der Waals surface area contributed by atoms with Gasteiger partial charge in [0, 0.05) is 13.1 Å². The smallest absolute Gasteiger partial charge is 0.322 e. The van der Waals surface area contributed by atoms with Crippen molar-refractivity contribution in [2.75, 3.05) is 13.1 Å². The number of urea groups is 1. The summed E-state index contributed by atoms with van der Waals surface area (Å²) < 4.78 is 0. The van der Waals surface area contributed by atoms with Gasteiger partial charge in [-0.25, -0.2) is 4.79 Å². The first kappa shape index (κ1) is 11.5. The van der Waals surface area contributed by atoms with Gasteiger partial charge >= 0.3 is 6.03 Å². The molecule has 0 bridgehead atoms. The van der Waals surface area contributed by atoms with Gasteiger partial charge in [-0.05, 0) is 25.7 Å². The summed E-state index contributed by atoms with van der Waals surface area (Å²) >= 11 is 0. The molecule has 0 aromatic heterocycles. The number of nitrogens with zero attached hydrogens (tertiary/aromatic N) is 1. The van der Waals surface area contributed by atoms with Crippen molar-refractivity contribution in [2.45, 2.75) is 25.3 Å². The highest BCUT2D eigenvalue weighted by molar-refractivity contribution is 6.07. The van der Waals surface area contributed by atoms with Crippen LogP contribution in [0.5, 0.6) is 0 Å². The minimum Gasteiger partial charge on any atom is -0.332 e. The van der Waals surface area contributed by atoms with Gasteiger partial charge in [-0.2, -0.15) is 0 Å². The molecule has 0 radical (unpaired) electrons. The normalized spacial score (nSPS) is 21.6. The summed E-state index contributed by atoms with van der Waals surface area (Å²) in [5.41, 5.74) is -0.826. The summed E-state index contributed by atoms with van der Waals surface area (Å²) in [6, 6.07) is -0.455. The highest BCUT2D eigenvalue weighted by Gasteiger charge is 2.48. The van der Waals surface area contributed by atoms with Crippen LogP contribution in [-0.4, -0.2) is 41.4 Å². The number of hydrogen-bond acceptors (Lipinski definition) is 3. The number of amides is 4. The molecule has 2 saturated heterocycles. The lowest BCUT2D eigenvalue weighted by molar-refractivity contribution is -0.131. The Morgan fingerprint density at radius 3 is 2.47 bits per heavy atom. The molecule has 0 saturated carbocycles. The molecule has 2 fully saturated rings. The van der Waals surface area contributed by atoms with E-state index in [1.807, 2.05) is 0 Å². The van der Waals surface area contributed by atoms with Crippen LogP contribution in [0.15, 0.2) is 0 Å². The zero-order chi connectivity index (χ0) is 12.5. The third-order valence-electron chi connectivity index (χ3n) is 3.15. The van der Waals surface area contributed by atoms with Gasteiger partial charge in [0.15, 0.2) is 0 Å². The number of piperidine rings is 1. The Balaban J connectivity index is 2.02. The van der Waals surface area contributed by atoms with E-state index in [4.69, 9.17) is 0 Å². The number of carbonyl (C=O) groups excluding carboxylic acids is 3. The van der Waals surface area contributed by atoms with Gasteiger partial charge in [-0.15, -0.1) is 0 Å². The van der Waals surface area contributed by atoms with Gasteiger partial charge in [0.1, 0.15) is 5.54 Å². The third-order valence-corrected chi connectivity index (χ3v) is 3.15. The summed E-state index contributed by atoms with van der Waals surface area (Å²) in [5, 5.41) is 4.86. The molecule has 6 heteroatoms. The van der Waals surface area contributed by atoms with Crippen molar-refractivity contribution in [3.8, 4) is 11.8 Å². The van der Waals surface area contributed by atoms with Crippen LogP contribution in [0, 0.1) is 11.8 Å². The van der Waals surface area contributed by atoms with Gasteiger partial charge in [0.25, 0.3) is 11.8 Å². The number of imide groups is 1. The van der Waals surface area contributed by atoms with Crippen LogP contribution in [0.1, 0.15) is 19.8 Å². The van der Waals surface area contributed by atoms with Crippen LogP contribution in [-0.2, 0) is 9.59 Å². The molecule has 0 aromatic carbocycles. The minimum absolute atomic E-state index is 0.230. The molecule has 2 rings (SSSR count). The first-order chi connectivity index (χ1) is 8.07. The second-order valence-electron chi connectivity index (χ2n) is 4.16. The fraction of sp³-hybridized carbons (Fsp3) is 0.545. The molecule has 17 heavy (non-hydrogen) atoms. The number of hydrogen-bond donors (Lipinski definition) is 2. The molecule has 0 unspecified atom stereocenters. The zero-order valence-electron chi connectivity index (χ0n) is 9.50. The average molecular weight is 235 g/mol. The van der Waals surface area contributed by atoms with Crippen LogP contribution in [0.4, 0.5) is 4.79 Å². The fourth-order valence-corrected chi connectivity index (χ4v) is 2.16. The summed E-state index contributed by atoms with van der Waals surface area (Å²) in [6.07, 6.45) is 0.864. The Bertz CT molecular complexity index is 439. The minimum atomic E-state index is -0.826. The Kier molecular flexibility index (Phi) is 2.76. The quantitative estimate of drug-likeness (QED) is 0.426. The number of likely N-dealkylation sites (tertiary alicyclic amines) is 1. The lowest BCUT2D eigenvalue weighted by Crippen LogP contribution is -2.55. The van der Waals surface area contributed by atoms with Gasteiger partial charge in [-0.3, -0.25) is 14.9 Å². The van der Waals surface area contributed by atoms with Crippen molar-refractivity contribution in [3.05, 3.63) is 0 Å². The zero-order valence-corrected chi connectivity index (χ0v) is 9.50. The largest absolute Gasteiger partial charge is 0.332 e. The fourth-order valence-electron chi connectivity index (χ4n) is 2.16. The SMILES string of the molecule is CC#CC(=O)N1CCC2(CC1)NC(=O)NC2=O. The molecule has 2 N–H and O–H groups in total. The Morgan fingerprint density at radius 1 is 1.35 bits per heavy atom. The van der Waals surface area contributed by atoms with E-state index in [0.29, 0.717) is 25.9 Å². The topological polar surface area (TPSA) is 78.5 Å². The predicted octanol–water partition coefficient (Wildman–Crippen LogP) is -0.790. The highest BCUT2D eigenvalue weighted by Crippen LogP contribution is 2.25. The molecule has 0 aromatic rings. The van der Waals surface area contributed by atoms with Gasteiger partial charge in [-0.1, -0.05) is 5.92 Å². The second-order valence-corrected chi connectivity index (χ2v) is 4.16. The van der Waals surface area contributed by atoms with Crippen molar-refractivity contribution < 1.29 is 14.4 Å². The van der Waals surface area contributed by atoms with E-state index in [-0.39, 0.29) is 11.8 Å². The predicted molar refractivity (Wildman–Crippen MR) is 58.7 cm³/mol. The van der Waals surface area contributed by atoms with E-state index in [0.717, 1.165) is 0 Å². The maximum Gasteiger partial charge on any atom is 0.322 e. The van der Waals surface area contributed by atoms with Crippen LogP contribution in [0.3, 0.4) is 0 Å². The molecule has 6 nitrogen and oxygen atoms in total. The molecule has 90 valence electrons. The van der Waals surface area contributed by atoms with Crippen molar-refractivity contribution in [3.63, 3.8) is 0 Å². The molecular formula is C11H13N3O3. The average Bonchev–Trinajstić information content (AvgIpc) is 2.55. The van der Waals surface area contributed by atoms with E-state index < -0.39 is 11.6 Å². The summed E-state index contributed by atoms with van der Waals surface area (Å²) in [7, 11) is 0. The molecule has 1 spiro atoms. The Morgan fingerprint density at radius 2 is 2.00 bits per heavy atom. The molecule has 4 amide bonds. The first-order valence-corrected chi connectivity index (χ1v) is 5.43. The lowest BCUT2D eigenvalue weighted by atomic mass is 9.88. The van der Waals surface area contributed by atoms with Crippen molar-refractivity contribution >= 4 is 17.8 Å². The Hall–Kier alpha value is -2.03. The maximum atomic E-state index is 11.6. The van der Waals surface area contributed by atoms with E-state index in [9.17, 15) is 14.4 Å². The Labute approximate surface area is 98.7 Å². The maximum absolute atomic E-state index is 11.6. The van der Waals surface area contributed by atoms with E-state index in [1.54, 1.807) is 11.8 Å². The van der Waals surface area contributed by atoms with Gasteiger partial charge < -0.3 is 10.2 Å². The van der Waals surface area contributed by atoms with Crippen LogP contribution < -0.4 is 10.6 Å². The molecular weight excluding hydrogens is 222 g/mol. The van der Waals surface area contributed by atoms with Crippen molar-refractivity contribution in [2.24, 2.45) is 0 Å². The van der Waals surface area contributed by atoms with Crippen molar-refractivity contribution in [1.82, 2.24) is 15.5 Å². The standard InChI is InChI=1S/C11H13N3O3/c1-2-3-8(15)14-6-4-11(5-7-14)9(16)12-10(17)13-11/h4-7H2,1H3,(H2,12,13,16,17). The van der Waals surface area contributed by atoms with Gasteiger partial charge in [0.2, 0.25) is 0 Å². The molecule has 0 atom stereocenters. The van der Waals surface area contributed by atoms with E-state index in [1.165, 1.54) is 0 Å². The van der Waals surface area contributed by atoms with E-state index in [2.05, 4.69) is 22.5 Å². The second kappa shape index (κ2) is 4.09. The molecule has 0 aliphatic carbocycles. The summed E-state index contributed by atoms with van der Waals surface area (Å²) in [6.45, 7) is 2.47. The summed E-state index contributed by atoms with van der Waals surface area (Å²) in [5.74, 6) is 4.49. The van der Waals surface area contributed by atoms with Crippen LogP contribution >= 0.6 is 0 Å². The van der Waals surface area contributed by atoms with Crippen molar-refractivity contribution in [1.29, 1.82) is 0 Å². The van der Waals surface area contributed by atoms with Crippen LogP contribution in [0.25, 0.3) is 0 Å². The highest BCUT2D eigenvalue weighted by atomic mass is 16.2. The number of rotatable bonds is 0. The third kappa shape index (κ3) is 1.96. The van der Waals surface area contributed by atoms with Gasteiger partial charge in [0.05, 0.1) is 0 Å². The van der Waals surface area contributed by atoms with Crippen LogP contribution in [0.2, 0.25) is 0 Å². The molecule has 2 aliphatic rings. The lowest BCUT2D eigenvalue weighted by Gasteiger charge is -2.36.